The SMILES string of the molecule is CNC1CC2CCC(C1)N2CCCN1CCCCC1C. The molecule has 3 aliphatic rings. The predicted molar refractivity (Wildman–Crippen MR) is 85.1 cm³/mol. The van der Waals surface area contributed by atoms with E-state index in [9.17, 15) is 0 Å². The van der Waals surface area contributed by atoms with E-state index in [-0.39, 0.29) is 0 Å². The number of nitrogens with zero attached hydrogens (tertiary/aromatic N) is 2. The van der Waals surface area contributed by atoms with Crippen LogP contribution in [0.3, 0.4) is 0 Å². The van der Waals surface area contributed by atoms with Crippen molar-refractivity contribution in [2.45, 2.75) is 82.5 Å². The zero-order chi connectivity index (χ0) is 13.9. The number of piperidine rings is 2. The monoisotopic (exact) mass is 279 g/mol. The second-order valence-corrected chi connectivity index (χ2v) is 7.31. The smallest absolute Gasteiger partial charge is 0.0114 e. The Kier molecular flexibility index (Phi) is 5.00. The molecule has 3 unspecified atom stereocenters. The van der Waals surface area contributed by atoms with Crippen LogP contribution >= 0.6 is 0 Å². The van der Waals surface area contributed by atoms with Gasteiger partial charge < -0.3 is 10.2 Å². The number of likely N-dealkylation sites (tertiary alicyclic amines) is 1. The van der Waals surface area contributed by atoms with Crippen molar-refractivity contribution < 1.29 is 0 Å². The molecule has 3 fully saturated rings. The molecule has 3 saturated heterocycles. The Hall–Kier alpha value is -0.120. The lowest BCUT2D eigenvalue weighted by Gasteiger charge is -2.40. The first kappa shape index (κ1) is 14.8. The van der Waals surface area contributed by atoms with Gasteiger partial charge in [0.1, 0.15) is 0 Å². The molecule has 0 aromatic carbocycles. The number of hydrogen-bond acceptors (Lipinski definition) is 3. The molecule has 0 radical (unpaired) electrons. The van der Waals surface area contributed by atoms with E-state index in [4.69, 9.17) is 0 Å². The van der Waals surface area contributed by atoms with Crippen molar-refractivity contribution in [2.75, 3.05) is 26.7 Å². The van der Waals surface area contributed by atoms with E-state index < -0.39 is 0 Å². The Morgan fingerprint density at radius 1 is 1.00 bits per heavy atom. The maximum atomic E-state index is 3.50. The van der Waals surface area contributed by atoms with Gasteiger partial charge in [0.2, 0.25) is 0 Å². The lowest BCUT2D eigenvalue weighted by molar-refractivity contribution is 0.102. The Bertz CT molecular complexity index is 293. The number of rotatable bonds is 5. The van der Waals surface area contributed by atoms with Gasteiger partial charge in [0.25, 0.3) is 0 Å². The number of nitrogens with one attached hydrogen (secondary N) is 1. The van der Waals surface area contributed by atoms with E-state index in [1.165, 1.54) is 71.0 Å². The lowest BCUT2D eigenvalue weighted by Crippen LogP contribution is -2.49. The fraction of sp³-hybridized carbons (Fsp3) is 1.00. The van der Waals surface area contributed by atoms with Crippen LogP contribution in [0.5, 0.6) is 0 Å². The van der Waals surface area contributed by atoms with E-state index in [1.807, 2.05) is 0 Å². The van der Waals surface area contributed by atoms with Crippen molar-refractivity contribution in [2.24, 2.45) is 0 Å². The van der Waals surface area contributed by atoms with Crippen molar-refractivity contribution in [3.05, 3.63) is 0 Å². The highest BCUT2D eigenvalue weighted by atomic mass is 15.2. The van der Waals surface area contributed by atoms with E-state index in [0.717, 1.165) is 24.2 Å². The fourth-order valence-electron chi connectivity index (χ4n) is 4.82. The van der Waals surface area contributed by atoms with Gasteiger partial charge in [0.05, 0.1) is 0 Å². The summed E-state index contributed by atoms with van der Waals surface area (Å²) in [5, 5.41) is 3.50. The molecule has 1 N–H and O–H groups in total. The van der Waals surface area contributed by atoms with Crippen LogP contribution in [0, 0.1) is 0 Å². The second-order valence-electron chi connectivity index (χ2n) is 7.31. The third-order valence-corrected chi connectivity index (χ3v) is 6.09. The van der Waals surface area contributed by atoms with Crippen LogP contribution in [0.1, 0.15) is 58.3 Å². The van der Waals surface area contributed by atoms with Crippen molar-refractivity contribution in [3.8, 4) is 0 Å². The van der Waals surface area contributed by atoms with Gasteiger partial charge in [-0.05, 0) is 78.6 Å². The molecular formula is C17H33N3. The molecular weight excluding hydrogens is 246 g/mol. The quantitative estimate of drug-likeness (QED) is 0.834. The largest absolute Gasteiger partial charge is 0.317 e. The first-order valence-corrected chi connectivity index (χ1v) is 8.95. The summed E-state index contributed by atoms with van der Waals surface area (Å²) in [7, 11) is 2.14. The van der Waals surface area contributed by atoms with Crippen molar-refractivity contribution in [3.63, 3.8) is 0 Å². The maximum Gasteiger partial charge on any atom is 0.0114 e. The van der Waals surface area contributed by atoms with Crippen molar-refractivity contribution >= 4 is 0 Å². The summed E-state index contributed by atoms with van der Waals surface area (Å²) in [4.78, 5) is 5.58. The molecule has 0 aromatic heterocycles. The topological polar surface area (TPSA) is 18.5 Å². The third kappa shape index (κ3) is 3.20. The highest BCUT2D eigenvalue weighted by Crippen LogP contribution is 2.35. The first-order valence-electron chi connectivity index (χ1n) is 8.95. The minimum Gasteiger partial charge on any atom is -0.317 e. The molecule has 0 aliphatic carbocycles. The molecule has 20 heavy (non-hydrogen) atoms. The van der Waals surface area contributed by atoms with Crippen LogP contribution < -0.4 is 5.32 Å². The summed E-state index contributed by atoms with van der Waals surface area (Å²) in [6.45, 7) is 6.43. The van der Waals surface area contributed by atoms with Gasteiger partial charge in [-0.15, -0.1) is 0 Å². The summed E-state index contributed by atoms with van der Waals surface area (Å²) in [5.74, 6) is 0. The first-order chi connectivity index (χ1) is 9.78. The molecule has 0 saturated carbocycles. The average molecular weight is 279 g/mol. The Labute approximate surface area is 125 Å². The van der Waals surface area contributed by atoms with E-state index in [2.05, 4.69) is 29.1 Å². The van der Waals surface area contributed by atoms with Gasteiger partial charge >= 0.3 is 0 Å². The molecule has 0 amide bonds. The van der Waals surface area contributed by atoms with Crippen molar-refractivity contribution in [1.82, 2.24) is 15.1 Å². The standard InChI is InChI=1S/C17H33N3/c1-14-6-3-4-9-19(14)10-5-11-20-16-7-8-17(20)13-15(12-16)18-2/h14-18H,3-13H2,1-2H3. The number of fused-ring (bicyclic) bond motifs is 2. The normalized spacial score (nSPS) is 39.3. The summed E-state index contributed by atoms with van der Waals surface area (Å²) in [5.41, 5.74) is 0. The maximum absolute atomic E-state index is 3.50. The lowest BCUT2D eigenvalue weighted by atomic mass is 9.97. The van der Waals surface area contributed by atoms with Crippen LogP contribution in [-0.2, 0) is 0 Å². The van der Waals surface area contributed by atoms with Crippen LogP contribution in [0.2, 0.25) is 0 Å². The number of hydrogen-bond donors (Lipinski definition) is 1. The Balaban J connectivity index is 1.43. The van der Waals surface area contributed by atoms with Gasteiger partial charge in [-0.3, -0.25) is 4.90 Å². The molecule has 0 aromatic rings. The molecule has 3 aliphatic heterocycles. The van der Waals surface area contributed by atoms with Gasteiger partial charge in [-0.25, -0.2) is 0 Å². The minimum atomic E-state index is 0.783. The van der Waals surface area contributed by atoms with Crippen LogP contribution in [-0.4, -0.2) is 60.6 Å². The van der Waals surface area contributed by atoms with E-state index in [0.29, 0.717) is 0 Å². The molecule has 3 heterocycles. The Morgan fingerprint density at radius 3 is 2.40 bits per heavy atom. The third-order valence-electron chi connectivity index (χ3n) is 6.09. The molecule has 2 bridgehead atoms. The molecule has 3 heteroatoms. The zero-order valence-electron chi connectivity index (χ0n) is 13.5. The molecule has 3 atom stereocenters. The highest BCUT2D eigenvalue weighted by Gasteiger charge is 2.39. The summed E-state index contributed by atoms with van der Waals surface area (Å²) in [6, 6.07) is 3.37. The zero-order valence-corrected chi connectivity index (χ0v) is 13.5. The van der Waals surface area contributed by atoms with Gasteiger partial charge in [0, 0.05) is 24.2 Å². The van der Waals surface area contributed by atoms with Crippen LogP contribution in [0.25, 0.3) is 0 Å². The van der Waals surface area contributed by atoms with Crippen LogP contribution in [0.15, 0.2) is 0 Å². The molecule has 116 valence electrons. The van der Waals surface area contributed by atoms with Gasteiger partial charge in [0.15, 0.2) is 0 Å². The summed E-state index contributed by atoms with van der Waals surface area (Å²) >= 11 is 0. The van der Waals surface area contributed by atoms with E-state index in [1.54, 1.807) is 0 Å². The molecule has 0 spiro atoms. The second kappa shape index (κ2) is 6.76. The fourth-order valence-corrected chi connectivity index (χ4v) is 4.82. The van der Waals surface area contributed by atoms with Crippen molar-refractivity contribution in [1.29, 1.82) is 0 Å². The average Bonchev–Trinajstić information content (AvgIpc) is 2.71. The Morgan fingerprint density at radius 2 is 1.75 bits per heavy atom. The van der Waals surface area contributed by atoms with Crippen LogP contribution in [0.4, 0.5) is 0 Å². The summed E-state index contributed by atoms with van der Waals surface area (Å²) < 4.78 is 0. The summed E-state index contributed by atoms with van der Waals surface area (Å²) in [6.07, 6.45) is 11.3. The predicted octanol–water partition coefficient (Wildman–Crippen LogP) is 2.47. The molecule has 3 nitrogen and oxygen atoms in total. The minimum absolute atomic E-state index is 0.783. The van der Waals surface area contributed by atoms with E-state index >= 15 is 0 Å². The highest BCUT2D eigenvalue weighted by molar-refractivity contribution is 4.97. The molecule has 3 rings (SSSR count). The van der Waals surface area contributed by atoms with Gasteiger partial charge in [-0.1, -0.05) is 6.42 Å². The van der Waals surface area contributed by atoms with Gasteiger partial charge in [-0.2, -0.15) is 0 Å².